The summed E-state index contributed by atoms with van der Waals surface area (Å²) in [6.45, 7) is 4.42. The Labute approximate surface area is 135 Å². The smallest absolute Gasteiger partial charge is 0.238 e. The van der Waals surface area contributed by atoms with Crippen LogP contribution in [0.1, 0.15) is 19.8 Å². The normalized spacial score (nSPS) is 22.0. The number of hydrogen-bond donors (Lipinski definition) is 2. The highest BCUT2D eigenvalue weighted by atomic mass is 79.9. The van der Waals surface area contributed by atoms with E-state index in [2.05, 4.69) is 40.1 Å². The molecule has 1 fully saturated rings. The zero-order chi connectivity index (χ0) is 15.6. The van der Waals surface area contributed by atoms with Crippen LogP contribution in [0.2, 0.25) is 0 Å². The zero-order valence-electron chi connectivity index (χ0n) is 12.3. The van der Waals surface area contributed by atoms with Gasteiger partial charge in [-0.25, -0.2) is 13.6 Å². The van der Waals surface area contributed by atoms with Crippen LogP contribution in [0.5, 0.6) is 0 Å². The highest BCUT2D eigenvalue weighted by molar-refractivity contribution is 9.10. The van der Waals surface area contributed by atoms with E-state index in [0.29, 0.717) is 16.4 Å². The lowest BCUT2D eigenvalue weighted by molar-refractivity contribution is 0.197. The molecule has 3 N–H and O–H groups in total. The SMILES string of the molecule is CC(Nc1ccc(S(N)(=O)=O)cc1Br)C1CCCN(C)C1. The fourth-order valence-electron chi connectivity index (χ4n) is 2.77. The van der Waals surface area contributed by atoms with Crippen LogP contribution in [0, 0.1) is 5.92 Å². The first-order valence-corrected chi connectivity index (χ1v) is 9.39. The molecule has 5 nitrogen and oxygen atoms in total. The lowest BCUT2D eigenvalue weighted by atomic mass is 9.92. The Kier molecular flexibility index (Phi) is 5.29. The highest BCUT2D eigenvalue weighted by Crippen LogP contribution is 2.28. The van der Waals surface area contributed by atoms with Gasteiger partial charge in [0, 0.05) is 22.7 Å². The number of sulfonamides is 1. The molecule has 0 radical (unpaired) electrons. The molecule has 118 valence electrons. The average Bonchev–Trinajstić information content (AvgIpc) is 2.39. The summed E-state index contributed by atoms with van der Waals surface area (Å²) in [5.74, 6) is 0.591. The van der Waals surface area contributed by atoms with Gasteiger partial charge >= 0.3 is 0 Å². The molecular weight excluding hydrogens is 354 g/mol. The third kappa shape index (κ3) is 4.42. The highest BCUT2D eigenvalue weighted by Gasteiger charge is 2.23. The minimum Gasteiger partial charge on any atom is -0.381 e. The van der Waals surface area contributed by atoms with E-state index in [1.54, 1.807) is 6.07 Å². The van der Waals surface area contributed by atoms with E-state index in [9.17, 15) is 8.42 Å². The molecule has 1 aromatic rings. The Morgan fingerprint density at radius 1 is 1.48 bits per heavy atom. The second-order valence-electron chi connectivity index (χ2n) is 5.78. The fourth-order valence-corrected chi connectivity index (χ4v) is 3.95. The topological polar surface area (TPSA) is 75.4 Å². The van der Waals surface area contributed by atoms with Gasteiger partial charge in [0.1, 0.15) is 0 Å². The van der Waals surface area contributed by atoms with Gasteiger partial charge in [0.05, 0.1) is 4.90 Å². The van der Waals surface area contributed by atoms with Crippen LogP contribution in [-0.4, -0.2) is 39.5 Å². The van der Waals surface area contributed by atoms with Gasteiger partial charge in [0.2, 0.25) is 10.0 Å². The summed E-state index contributed by atoms with van der Waals surface area (Å²) in [6.07, 6.45) is 2.43. The number of piperidine rings is 1. The summed E-state index contributed by atoms with van der Waals surface area (Å²) in [5.41, 5.74) is 0.892. The zero-order valence-corrected chi connectivity index (χ0v) is 14.7. The Morgan fingerprint density at radius 3 is 2.76 bits per heavy atom. The number of anilines is 1. The van der Waals surface area contributed by atoms with Crippen LogP contribution in [0.15, 0.2) is 27.6 Å². The van der Waals surface area contributed by atoms with Crippen LogP contribution in [0.4, 0.5) is 5.69 Å². The van der Waals surface area contributed by atoms with E-state index in [-0.39, 0.29) is 4.90 Å². The minimum atomic E-state index is -3.66. The van der Waals surface area contributed by atoms with Gasteiger partial charge in [-0.15, -0.1) is 0 Å². The maximum atomic E-state index is 11.3. The molecule has 1 aromatic carbocycles. The first-order chi connectivity index (χ1) is 9.77. The predicted molar refractivity (Wildman–Crippen MR) is 88.8 cm³/mol. The van der Waals surface area contributed by atoms with Crippen molar-refractivity contribution in [3.05, 3.63) is 22.7 Å². The summed E-state index contributed by atoms with van der Waals surface area (Å²) in [7, 11) is -1.51. The van der Waals surface area contributed by atoms with Crippen molar-refractivity contribution in [2.75, 3.05) is 25.5 Å². The second kappa shape index (κ2) is 6.64. The summed E-state index contributed by atoms with van der Waals surface area (Å²) in [4.78, 5) is 2.47. The lowest BCUT2D eigenvalue weighted by Crippen LogP contribution is -2.39. The first kappa shape index (κ1) is 16.7. The van der Waals surface area contributed by atoms with Crippen molar-refractivity contribution in [2.24, 2.45) is 11.1 Å². The standard InChI is InChI=1S/C14H22BrN3O2S/c1-10(11-4-3-7-18(2)9-11)17-14-6-5-12(8-13(14)15)21(16,19)20/h5-6,8,10-11,17H,3-4,7,9H2,1-2H3,(H2,16,19,20). The van der Waals surface area contributed by atoms with Crippen LogP contribution in [0.3, 0.4) is 0 Å². The van der Waals surface area contributed by atoms with Gasteiger partial charge in [-0.2, -0.15) is 0 Å². The molecule has 2 rings (SSSR count). The molecule has 0 spiro atoms. The first-order valence-electron chi connectivity index (χ1n) is 7.05. The van der Waals surface area contributed by atoms with Crippen molar-refractivity contribution in [3.63, 3.8) is 0 Å². The summed E-state index contributed by atoms with van der Waals surface area (Å²) in [5, 5.41) is 8.60. The van der Waals surface area contributed by atoms with Crippen molar-refractivity contribution < 1.29 is 8.42 Å². The van der Waals surface area contributed by atoms with Crippen molar-refractivity contribution in [1.29, 1.82) is 0 Å². The molecule has 1 aliphatic rings. The maximum Gasteiger partial charge on any atom is 0.238 e. The number of halogens is 1. The average molecular weight is 376 g/mol. The molecule has 0 bridgehead atoms. The van der Waals surface area contributed by atoms with E-state index >= 15 is 0 Å². The number of likely N-dealkylation sites (tertiary alicyclic amines) is 1. The van der Waals surface area contributed by atoms with E-state index in [1.807, 2.05) is 0 Å². The molecule has 1 saturated heterocycles. The summed E-state index contributed by atoms with van der Waals surface area (Å²) in [6, 6.07) is 5.15. The van der Waals surface area contributed by atoms with Crippen LogP contribution >= 0.6 is 15.9 Å². The quantitative estimate of drug-likeness (QED) is 0.845. The Bertz CT molecular complexity index is 606. The van der Waals surface area contributed by atoms with E-state index in [4.69, 9.17) is 5.14 Å². The van der Waals surface area contributed by atoms with E-state index < -0.39 is 10.0 Å². The monoisotopic (exact) mass is 375 g/mol. The molecule has 1 heterocycles. The van der Waals surface area contributed by atoms with Gasteiger partial charge in [0.25, 0.3) is 0 Å². The number of benzene rings is 1. The van der Waals surface area contributed by atoms with Gasteiger partial charge < -0.3 is 10.2 Å². The van der Waals surface area contributed by atoms with Crippen LogP contribution in [-0.2, 0) is 10.0 Å². The number of nitrogens with one attached hydrogen (secondary N) is 1. The number of nitrogens with zero attached hydrogens (tertiary/aromatic N) is 1. The van der Waals surface area contributed by atoms with E-state index in [1.165, 1.54) is 25.0 Å². The van der Waals surface area contributed by atoms with Gasteiger partial charge in [0.15, 0.2) is 0 Å². The molecule has 7 heteroatoms. The fraction of sp³-hybridized carbons (Fsp3) is 0.571. The van der Waals surface area contributed by atoms with Crippen molar-refractivity contribution in [3.8, 4) is 0 Å². The Balaban J connectivity index is 2.09. The molecule has 0 aliphatic carbocycles. The van der Waals surface area contributed by atoms with Gasteiger partial charge in [-0.05, 0) is 73.4 Å². The molecular formula is C14H22BrN3O2S. The van der Waals surface area contributed by atoms with E-state index in [0.717, 1.165) is 18.8 Å². The number of primary sulfonamides is 1. The number of nitrogens with two attached hydrogens (primary N) is 1. The Morgan fingerprint density at radius 2 is 2.19 bits per heavy atom. The molecule has 0 saturated carbocycles. The molecule has 21 heavy (non-hydrogen) atoms. The van der Waals surface area contributed by atoms with Crippen molar-refractivity contribution >= 4 is 31.6 Å². The van der Waals surface area contributed by atoms with Crippen molar-refractivity contribution in [1.82, 2.24) is 4.90 Å². The van der Waals surface area contributed by atoms with Crippen molar-refractivity contribution in [2.45, 2.75) is 30.7 Å². The Hall–Kier alpha value is -0.630. The molecule has 2 atom stereocenters. The lowest BCUT2D eigenvalue weighted by Gasteiger charge is -2.34. The second-order valence-corrected chi connectivity index (χ2v) is 8.20. The third-order valence-electron chi connectivity index (χ3n) is 4.02. The van der Waals surface area contributed by atoms with Gasteiger partial charge in [-0.3, -0.25) is 0 Å². The third-order valence-corrected chi connectivity index (χ3v) is 5.59. The van der Waals surface area contributed by atoms with Crippen LogP contribution in [0.25, 0.3) is 0 Å². The predicted octanol–water partition coefficient (Wildman–Crippen LogP) is 2.24. The summed E-state index contributed by atoms with van der Waals surface area (Å²) >= 11 is 3.41. The number of hydrogen-bond acceptors (Lipinski definition) is 4. The molecule has 2 unspecified atom stereocenters. The number of rotatable bonds is 4. The molecule has 0 amide bonds. The molecule has 0 aromatic heterocycles. The van der Waals surface area contributed by atoms with Gasteiger partial charge in [-0.1, -0.05) is 0 Å². The summed E-state index contributed by atoms with van der Waals surface area (Å²) < 4.78 is 23.4. The molecule has 1 aliphatic heterocycles. The minimum absolute atomic E-state index is 0.116. The van der Waals surface area contributed by atoms with Crippen LogP contribution < -0.4 is 10.5 Å². The maximum absolute atomic E-state index is 11.3. The largest absolute Gasteiger partial charge is 0.381 e.